The lowest BCUT2D eigenvalue weighted by atomic mass is 10.1. The Balaban J connectivity index is 1.40. The van der Waals surface area contributed by atoms with E-state index in [1.54, 1.807) is 30.7 Å². The number of carbonyl (C=O) groups excluding carboxylic acids is 1. The van der Waals surface area contributed by atoms with Crippen molar-refractivity contribution in [2.45, 2.75) is 6.54 Å². The molecule has 1 aliphatic rings. The zero-order valence-electron chi connectivity index (χ0n) is 13.5. The summed E-state index contributed by atoms with van der Waals surface area (Å²) in [7, 11) is 0. The third kappa shape index (κ3) is 3.33. The highest BCUT2D eigenvalue weighted by atomic mass is 16.6. The number of rotatable bonds is 4. The van der Waals surface area contributed by atoms with Crippen molar-refractivity contribution in [2.24, 2.45) is 0 Å². The van der Waals surface area contributed by atoms with Gasteiger partial charge in [-0.25, -0.2) is 4.98 Å². The minimum Gasteiger partial charge on any atom is -0.486 e. The molecule has 0 atom stereocenters. The number of amides is 1. The van der Waals surface area contributed by atoms with Crippen LogP contribution in [0.25, 0.3) is 5.69 Å². The molecule has 0 aliphatic carbocycles. The second-order valence-corrected chi connectivity index (χ2v) is 5.68. The molecular weight excluding hydrogens is 318 g/mol. The number of ether oxygens (including phenoxy) is 2. The van der Waals surface area contributed by atoms with Crippen LogP contribution in [0, 0.1) is 0 Å². The predicted octanol–water partition coefficient (Wildman–Crippen LogP) is 2.57. The minimum absolute atomic E-state index is 0.143. The van der Waals surface area contributed by atoms with Gasteiger partial charge in [-0.3, -0.25) is 4.79 Å². The quantitative estimate of drug-likeness (QED) is 0.796. The first-order valence-electron chi connectivity index (χ1n) is 8.05. The van der Waals surface area contributed by atoms with E-state index in [1.807, 2.05) is 35.0 Å². The molecule has 0 bridgehead atoms. The molecule has 0 saturated heterocycles. The fraction of sp³-hybridized carbons (Fsp3) is 0.158. The molecular formula is C19H17N3O3. The fourth-order valence-electron chi connectivity index (χ4n) is 2.67. The summed E-state index contributed by atoms with van der Waals surface area (Å²) in [5, 5.41) is 2.92. The maximum absolute atomic E-state index is 12.3. The summed E-state index contributed by atoms with van der Waals surface area (Å²) in [6.07, 6.45) is 5.37. The molecule has 1 amide bonds. The summed E-state index contributed by atoms with van der Waals surface area (Å²) < 4.78 is 12.9. The van der Waals surface area contributed by atoms with Gasteiger partial charge in [0.25, 0.3) is 5.91 Å². The highest BCUT2D eigenvalue weighted by Crippen LogP contribution is 2.30. The number of hydrogen-bond acceptors (Lipinski definition) is 4. The van der Waals surface area contributed by atoms with Crippen LogP contribution < -0.4 is 14.8 Å². The monoisotopic (exact) mass is 335 g/mol. The Hall–Kier alpha value is -3.28. The van der Waals surface area contributed by atoms with Gasteiger partial charge in [0.15, 0.2) is 11.5 Å². The molecule has 3 aromatic rings. The van der Waals surface area contributed by atoms with Crippen LogP contribution in [0.4, 0.5) is 0 Å². The highest BCUT2D eigenvalue weighted by molar-refractivity contribution is 5.94. The van der Waals surface area contributed by atoms with E-state index in [1.165, 1.54) is 0 Å². The molecule has 1 N–H and O–H groups in total. The normalized spacial score (nSPS) is 12.6. The van der Waals surface area contributed by atoms with Gasteiger partial charge >= 0.3 is 0 Å². The average Bonchev–Trinajstić information content (AvgIpc) is 3.21. The summed E-state index contributed by atoms with van der Waals surface area (Å²) in [5.41, 5.74) is 2.61. The first kappa shape index (κ1) is 15.3. The van der Waals surface area contributed by atoms with Crippen molar-refractivity contribution >= 4 is 5.91 Å². The topological polar surface area (TPSA) is 65.4 Å². The van der Waals surface area contributed by atoms with E-state index in [0.717, 1.165) is 11.3 Å². The van der Waals surface area contributed by atoms with Gasteiger partial charge in [0.05, 0.1) is 6.33 Å². The Labute approximate surface area is 145 Å². The van der Waals surface area contributed by atoms with Gasteiger partial charge < -0.3 is 19.4 Å². The Kier molecular flexibility index (Phi) is 4.08. The van der Waals surface area contributed by atoms with Crippen LogP contribution in [0.2, 0.25) is 0 Å². The number of nitrogens with zero attached hydrogens (tertiary/aromatic N) is 2. The Morgan fingerprint density at radius 2 is 1.88 bits per heavy atom. The molecule has 6 nitrogen and oxygen atoms in total. The van der Waals surface area contributed by atoms with E-state index in [-0.39, 0.29) is 5.91 Å². The molecule has 0 radical (unpaired) electrons. The minimum atomic E-state index is -0.143. The van der Waals surface area contributed by atoms with Gasteiger partial charge in [-0.05, 0) is 35.9 Å². The van der Waals surface area contributed by atoms with Crippen LogP contribution in [-0.2, 0) is 6.54 Å². The van der Waals surface area contributed by atoms with E-state index >= 15 is 0 Å². The van der Waals surface area contributed by atoms with Crippen LogP contribution in [0.3, 0.4) is 0 Å². The summed E-state index contributed by atoms with van der Waals surface area (Å²) in [6.45, 7) is 1.49. The smallest absolute Gasteiger partial charge is 0.251 e. The standard InChI is InChI=1S/C19H17N3O3/c23-19(15-3-6-17-18(11-15)25-10-9-24-17)21-12-14-1-4-16(5-2-14)22-8-7-20-13-22/h1-8,11,13H,9-10,12H2,(H,21,23). The second-order valence-electron chi connectivity index (χ2n) is 5.68. The average molecular weight is 335 g/mol. The Bertz CT molecular complexity index is 873. The number of benzene rings is 2. The molecule has 0 fully saturated rings. The van der Waals surface area contributed by atoms with Gasteiger partial charge in [0.1, 0.15) is 13.2 Å². The maximum Gasteiger partial charge on any atom is 0.251 e. The third-order valence-corrected chi connectivity index (χ3v) is 4.00. The number of hydrogen-bond donors (Lipinski definition) is 1. The lowest BCUT2D eigenvalue weighted by Gasteiger charge is -2.18. The van der Waals surface area contributed by atoms with Crippen molar-refractivity contribution in [3.63, 3.8) is 0 Å². The van der Waals surface area contributed by atoms with E-state index in [0.29, 0.717) is 36.8 Å². The van der Waals surface area contributed by atoms with Gasteiger partial charge in [0, 0.05) is 30.2 Å². The lowest BCUT2D eigenvalue weighted by molar-refractivity contribution is 0.0949. The van der Waals surface area contributed by atoms with Crippen LogP contribution in [0.1, 0.15) is 15.9 Å². The molecule has 25 heavy (non-hydrogen) atoms. The zero-order valence-corrected chi connectivity index (χ0v) is 13.5. The number of carbonyl (C=O) groups is 1. The molecule has 2 heterocycles. The highest BCUT2D eigenvalue weighted by Gasteiger charge is 2.14. The van der Waals surface area contributed by atoms with Crippen LogP contribution in [0.15, 0.2) is 61.2 Å². The van der Waals surface area contributed by atoms with Gasteiger partial charge in [-0.2, -0.15) is 0 Å². The Morgan fingerprint density at radius 1 is 1.08 bits per heavy atom. The third-order valence-electron chi connectivity index (χ3n) is 4.00. The largest absolute Gasteiger partial charge is 0.486 e. The van der Waals surface area contributed by atoms with Crippen molar-refractivity contribution in [1.82, 2.24) is 14.9 Å². The van der Waals surface area contributed by atoms with Crippen molar-refractivity contribution in [3.05, 3.63) is 72.3 Å². The van der Waals surface area contributed by atoms with Gasteiger partial charge in [0.2, 0.25) is 0 Å². The molecule has 126 valence electrons. The van der Waals surface area contributed by atoms with E-state index in [9.17, 15) is 4.79 Å². The number of nitrogens with one attached hydrogen (secondary N) is 1. The summed E-state index contributed by atoms with van der Waals surface area (Å²) in [6, 6.07) is 13.2. The SMILES string of the molecule is O=C(NCc1ccc(-n2ccnc2)cc1)c1ccc2c(c1)OCCO2. The lowest BCUT2D eigenvalue weighted by Crippen LogP contribution is -2.23. The molecule has 4 rings (SSSR count). The summed E-state index contributed by atoms with van der Waals surface area (Å²) in [5.74, 6) is 1.15. The van der Waals surface area contributed by atoms with Crippen molar-refractivity contribution < 1.29 is 14.3 Å². The first-order chi connectivity index (χ1) is 12.3. The van der Waals surface area contributed by atoms with Crippen LogP contribution in [0.5, 0.6) is 11.5 Å². The molecule has 6 heteroatoms. The number of imidazole rings is 1. The zero-order chi connectivity index (χ0) is 17.1. The van der Waals surface area contributed by atoms with Gasteiger partial charge in [-0.15, -0.1) is 0 Å². The fourth-order valence-corrected chi connectivity index (χ4v) is 2.67. The second kappa shape index (κ2) is 6.68. The molecule has 1 aliphatic heterocycles. The molecule has 0 saturated carbocycles. The molecule has 0 unspecified atom stereocenters. The van der Waals surface area contributed by atoms with Crippen molar-refractivity contribution in [3.8, 4) is 17.2 Å². The Morgan fingerprint density at radius 3 is 2.64 bits per heavy atom. The van der Waals surface area contributed by atoms with Crippen molar-refractivity contribution in [1.29, 1.82) is 0 Å². The predicted molar refractivity (Wildman–Crippen MR) is 92.2 cm³/mol. The van der Waals surface area contributed by atoms with E-state index in [4.69, 9.17) is 9.47 Å². The number of aromatic nitrogens is 2. The molecule has 0 spiro atoms. The maximum atomic E-state index is 12.3. The molecule has 2 aromatic carbocycles. The first-order valence-corrected chi connectivity index (χ1v) is 8.05. The number of fused-ring (bicyclic) bond motifs is 1. The van der Waals surface area contributed by atoms with Crippen LogP contribution in [-0.4, -0.2) is 28.7 Å². The van der Waals surface area contributed by atoms with Gasteiger partial charge in [-0.1, -0.05) is 12.1 Å². The van der Waals surface area contributed by atoms with E-state index < -0.39 is 0 Å². The van der Waals surface area contributed by atoms with Crippen LogP contribution >= 0.6 is 0 Å². The van der Waals surface area contributed by atoms with E-state index in [2.05, 4.69) is 10.3 Å². The van der Waals surface area contributed by atoms with Crippen molar-refractivity contribution in [2.75, 3.05) is 13.2 Å². The summed E-state index contributed by atoms with van der Waals surface area (Å²) >= 11 is 0. The molecule has 1 aromatic heterocycles. The summed E-state index contributed by atoms with van der Waals surface area (Å²) in [4.78, 5) is 16.4.